The van der Waals surface area contributed by atoms with Crippen molar-refractivity contribution in [3.8, 4) is 5.75 Å². The molecule has 2 atom stereocenters. The van der Waals surface area contributed by atoms with Crippen LogP contribution in [0.3, 0.4) is 0 Å². The monoisotopic (exact) mass is 419 g/mol. The molecule has 2 heterocycles. The molecular formula is C19H31Cl2N3O3. The number of nitrogens with one attached hydrogen (secondary N) is 1. The fourth-order valence-corrected chi connectivity index (χ4v) is 3.76. The van der Waals surface area contributed by atoms with Crippen molar-refractivity contribution in [1.29, 1.82) is 0 Å². The number of amides is 1. The third-order valence-corrected chi connectivity index (χ3v) is 5.35. The second-order valence-electron chi connectivity index (χ2n) is 6.99. The number of hydrogen-bond donors (Lipinski definition) is 2. The predicted octanol–water partition coefficient (Wildman–Crippen LogP) is 2.24. The summed E-state index contributed by atoms with van der Waals surface area (Å²) in [6.45, 7) is 4.01. The highest BCUT2D eigenvalue weighted by atomic mass is 35.5. The summed E-state index contributed by atoms with van der Waals surface area (Å²) in [6.07, 6.45) is 2.81. The Morgan fingerprint density at radius 1 is 1.30 bits per heavy atom. The molecule has 1 aromatic rings. The molecule has 0 radical (unpaired) electrons. The average Bonchev–Trinajstić information content (AvgIpc) is 3.15. The Balaban J connectivity index is 0.00000182. The smallest absolute Gasteiger partial charge is 0.237 e. The first-order valence-corrected chi connectivity index (χ1v) is 9.18. The van der Waals surface area contributed by atoms with Gasteiger partial charge >= 0.3 is 0 Å². The molecule has 0 aliphatic carbocycles. The van der Waals surface area contributed by atoms with Gasteiger partial charge in [-0.1, -0.05) is 12.1 Å². The number of ether oxygens (including phenoxy) is 2. The zero-order chi connectivity index (χ0) is 17.6. The lowest BCUT2D eigenvalue weighted by atomic mass is 9.92. The molecule has 0 spiro atoms. The number of benzene rings is 1. The van der Waals surface area contributed by atoms with E-state index in [4.69, 9.17) is 15.2 Å². The van der Waals surface area contributed by atoms with Gasteiger partial charge in [0, 0.05) is 32.8 Å². The number of halogens is 2. The van der Waals surface area contributed by atoms with Crippen LogP contribution in [0.2, 0.25) is 0 Å². The van der Waals surface area contributed by atoms with Gasteiger partial charge in [0.1, 0.15) is 5.75 Å². The van der Waals surface area contributed by atoms with E-state index >= 15 is 0 Å². The standard InChI is InChI=1S/C19H29N3O3.2ClH/c1-24-17-5-3-2-4-16(17)22-9-6-14(13-22)12-21-19(23)18(20)15-7-10-25-11-8-15;;/h2-5,14-15,18H,6-13,20H2,1H3,(H,21,23);2*1H. The largest absolute Gasteiger partial charge is 0.495 e. The maximum Gasteiger partial charge on any atom is 0.237 e. The van der Waals surface area contributed by atoms with Gasteiger partial charge in [0.2, 0.25) is 5.91 Å². The van der Waals surface area contributed by atoms with Gasteiger partial charge in [0.25, 0.3) is 0 Å². The summed E-state index contributed by atoms with van der Waals surface area (Å²) >= 11 is 0. The van der Waals surface area contributed by atoms with Gasteiger partial charge in [-0.15, -0.1) is 24.8 Å². The van der Waals surface area contributed by atoms with E-state index in [-0.39, 0.29) is 36.6 Å². The van der Waals surface area contributed by atoms with Crippen LogP contribution in [0, 0.1) is 11.8 Å². The molecule has 154 valence electrons. The van der Waals surface area contributed by atoms with Crippen LogP contribution >= 0.6 is 24.8 Å². The average molecular weight is 420 g/mol. The normalized spacial score (nSPS) is 21.0. The predicted molar refractivity (Wildman–Crippen MR) is 112 cm³/mol. The van der Waals surface area contributed by atoms with Gasteiger partial charge in [-0.2, -0.15) is 0 Å². The molecule has 3 rings (SSSR count). The molecule has 1 aromatic carbocycles. The fraction of sp³-hybridized carbons (Fsp3) is 0.632. The number of nitrogens with zero attached hydrogens (tertiary/aromatic N) is 1. The van der Waals surface area contributed by atoms with Crippen LogP contribution in [0.15, 0.2) is 24.3 Å². The van der Waals surface area contributed by atoms with Crippen LogP contribution in [-0.4, -0.2) is 51.9 Å². The maximum atomic E-state index is 12.3. The van der Waals surface area contributed by atoms with Crippen LogP contribution in [0.4, 0.5) is 5.69 Å². The summed E-state index contributed by atoms with van der Waals surface area (Å²) in [7, 11) is 1.70. The molecule has 0 saturated carbocycles. The molecule has 0 aromatic heterocycles. The van der Waals surface area contributed by atoms with E-state index in [2.05, 4.69) is 16.3 Å². The summed E-state index contributed by atoms with van der Waals surface area (Å²) < 4.78 is 10.8. The van der Waals surface area contributed by atoms with Gasteiger partial charge in [0.05, 0.1) is 18.8 Å². The van der Waals surface area contributed by atoms with Crippen molar-refractivity contribution in [2.75, 3.05) is 44.9 Å². The molecule has 0 bridgehead atoms. The first kappa shape index (κ1) is 23.8. The number of nitrogens with two attached hydrogens (primary N) is 1. The van der Waals surface area contributed by atoms with E-state index in [1.165, 1.54) is 0 Å². The SMILES string of the molecule is COc1ccccc1N1CCC(CNC(=O)C(N)C2CCOCC2)C1.Cl.Cl. The molecule has 3 N–H and O–H groups in total. The van der Waals surface area contributed by atoms with Gasteiger partial charge < -0.3 is 25.4 Å². The third-order valence-electron chi connectivity index (χ3n) is 5.35. The lowest BCUT2D eigenvalue weighted by Gasteiger charge is -2.27. The van der Waals surface area contributed by atoms with Crippen molar-refractivity contribution in [3.63, 3.8) is 0 Å². The van der Waals surface area contributed by atoms with Crippen molar-refractivity contribution in [2.24, 2.45) is 17.6 Å². The number of methoxy groups -OCH3 is 1. The zero-order valence-corrected chi connectivity index (χ0v) is 17.4. The Bertz CT molecular complexity index is 585. The molecule has 27 heavy (non-hydrogen) atoms. The summed E-state index contributed by atoms with van der Waals surface area (Å²) in [5.74, 6) is 1.55. The van der Waals surface area contributed by atoms with Crippen molar-refractivity contribution in [1.82, 2.24) is 5.32 Å². The number of hydrogen-bond acceptors (Lipinski definition) is 5. The lowest BCUT2D eigenvalue weighted by molar-refractivity contribution is -0.124. The van der Waals surface area contributed by atoms with Gasteiger partial charge in [-0.05, 0) is 43.2 Å². The topological polar surface area (TPSA) is 76.8 Å². The first-order chi connectivity index (χ1) is 12.2. The van der Waals surface area contributed by atoms with Crippen LogP contribution in [0.1, 0.15) is 19.3 Å². The van der Waals surface area contributed by atoms with E-state index in [1.807, 2.05) is 18.2 Å². The highest BCUT2D eigenvalue weighted by Gasteiger charge is 2.28. The number of carbonyl (C=O) groups is 1. The number of carbonyl (C=O) groups excluding carboxylic acids is 1. The second-order valence-corrected chi connectivity index (χ2v) is 6.99. The van der Waals surface area contributed by atoms with E-state index in [9.17, 15) is 4.79 Å². The van der Waals surface area contributed by atoms with E-state index < -0.39 is 6.04 Å². The Hall–Kier alpha value is -1.21. The van der Waals surface area contributed by atoms with Gasteiger partial charge in [-0.3, -0.25) is 4.79 Å². The summed E-state index contributed by atoms with van der Waals surface area (Å²) in [5.41, 5.74) is 7.26. The Kier molecular flexibility index (Phi) is 10.2. The summed E-state index contributed by atoms with van der Waals surface area (Å²) in [6, 6.07) is 7.65. The van der Waals surface area contributed by atoms with Crippen LogP contribution < -0.4 is 20.7 Å². The Labute approximate surface area is 174 Å². The highest BCUT2D eigenvalue weighted by molar-refractivity contribution is 5.85. The minimum absolute atomic E-state index is 0. The molecule has 2 saturated heterocycles. The summed E-state index contributed by atoms with van der Waals surface area (Å²) in [5, 5.41) is 3.06. The van der Waals surface area contributed by atoms with E-state index in [1.54, 1.807) is 7.11 Å². The first-order valence-electron chi connectivity index (χ1n) is 9.18. The minimum atomic E-state index is -0.421. The molecular weight excluding hydrogens is 389 g/mol. The number of anilines is 1. The molecule has 1 amide bonds. The molecule has 2 unspecified atom stereocenters. The zero-order valence-electron chi connectivity index (χ0n) is 15.8. The Morgan fingerprint density at radius 2 is 2.00 bits per heavy atom. The van der Waals surface area contributed by atoms with Crippen molar-refractivity contribution < 1.29 is 14.3 Å². The molecule has 6 nitrogen and oxygen atoms in total. The van der Waals surface area contributed by atoms with Crippen LogP contribution in [-0.2, 0) is 9.53 Å². The van der Waals surface area contributed by atoms with Crippen molar-refractivity contribution in [3.05, 3.63) is 24.3 Å². The second kappa shape index (κ2) is 11.6. The Morgan fingerprint density at radius 3 is 2.70 bits per heavy atom. The minimum Gasteiger partial charge on any atom is -0.495 e. The van der Waals surface area contributed by atoms with Gasteiger partial charge in [-0.25, -0.2) is 0 Å². The molecule has 2 aliphatic rings. The molecule has 8 heteroatoms. The highest BCUT2D eigenvalue weighted by Crippen LogP contribution is 2.31. The maximum absolute atomic E-state index is 12.3. The quantitative estimate of drug-likeness (QED) is 0.738. The fourth-order valence-electron chi connectivity index (χ4n) is 3.76. The third kappa shape index (κ3) is 6.14. The van der Waals surface area contributed by atoms with Gasteiger partial charge in [0.15, 0.2) is 0 Å². The molecule has 2 fully saturated rings. The molecule has 2 aliphatic heterocycles. The van der Waals surface area contributed by atoms with Crippen LogP contribution in [0.25, 0.3) is 0 Å². The van der Waals surface area contributed by atoms with Crippen molar-refractivity contribution >= 4 is 36.4 Å². The van der Waals surface area contributed by atoms with E-state index in [0.29, 0.717) is 25.7 Å². The number of para-hydroxylation sites is 2. The van der Waals surface area contributed by atoms with E-state index in [0.717, 1.165) is 43.8 Å². The lowest BCUT2D eigenvalue weighted by Crippen LogP contribution is -2.48. The number of rotatable bonds is 6. The van der Waals surface area contributed by atoms with Crippen LogP contribution in [0.5, 0.6) is 5.75 Å². The summed E-state index contributed by atoms with van der Waals surface area (Å²) in [4.78, 5) is 14.7. The van der Waals surface area contributed by atoms with Crippen molar-refractivity contribution in [2.45, 2.75) is 25.3 Å².